The number of carboxylic acids is 1. The molecule has 0 saturated heterocycles. The number of aromatic amines is 1. The molecule has 3 aromatic rings. The van der Waals surface area contributed by atoms with Crippen molar-refractivity contribution in [3.8, 4) is 11.3 Å². The molecule has 0 amide bonds. The molecule has 30 heavy (non-hydrogen) atoms. The van der Waals surface area contributed by atoms with Gasteiger partial charge in [0.25, 0.3) is 5.56 Å². The smallest absolute Gasteiger partial charge is 0.308 e. The molecule has 2 atom stereocenters. The Morgan fingerprint density at radius 1 is 1.30 bits per heavy atom. The van der Waals surface area contributed by atoms with Crippen LogP contribution in [0.25, 0.3) is 22.3 Å². The van der Waals surface area contributed by atoms with Crippen LogP contribution in [0.2, 0.25) is 0 Å². The molecule has 3 aliphatic carbocycles. The van der Waals surface area contributed by atoms with Gasteiger partial charge in [0.2, 0.25) is 0 Å². The summed E-state index contributed by atoms with van der Waals surface area (Å²) in [5.74, 6) is -0.882. The lowest BCUT2D eigenvalue weighted by Crippen LogP contribution is -2.51. The molecule has 0 radical (unpaired) electrons. The van der Waals surface area contributed by atoms with Crippen molar-refractivity contribution >= 4 is 22.8 Å². The lowest BCUT2D eigenvalue weighted by Gasteiger charge is -2.47. The summed E-state index contributed by atoms with van der Waals surface area (Å²) >= 11 is 0. The van der Waals surface area contributed by atoms with Crippen LogP contribution in [0, 0.1) is 23.6 Å². The van der Waals surface area contributed by atoms with E-state index in [1.807, 2.05) is 0 Å². The van der Waals surface area contributed by atoms with Crippen LogP contribution in [-0.4, -0.2) is 36.6 Å². The number of halogens is 1. The van der Waals surface area contributed by atoms with E-state index in [-0.39, 0.29) is 29.1 Å². The van der Waals surface area contributed by atoms with Crippen LogP contribution in [-0.2, 0) is 11.8 Å². The SMILES string of the molecule is Cn1cc(NC2C3CCC(CC3)[C@@H]2C(=O)O)nc(-c2c[nH]c3ncc(F)cc23)c1=O. The summed E-state index contributed by atoms with van der Waals surface area (Å²) in [6.45, 7) is 0. The molecular weight excluding hydrogens is 389 g/mol. The Labute approximate surface area is 171 Å². The Balaban J connectivity index is 1.56. The van der Waals surface area contributed by atoms with Gasteiger partial charge in [-0.1, -0.05) is 0 Å². The fourth-order valence-electron chi connectivity index (χ4n) is 5.21. The fraction of sp³-hybridized carbons (Fsp3) is 0.429. The van der Waals surface area contributed by atoms with Gasteiger partial charge in [-0.3, -0.25) is 9.59 Å². The lowest BCUT2D eigenvalue weighted by molar-refractivity contribution is -0.148. The highest BCUT2D eigenvalue weighted by Gasteiger charge is 2.47. The quantitative estimate of drug-likeness (QED) is 0.609. The van der Waals surface area contributed by atoms with Crippen molar-refractivity contribution in [3.05, 3.63) is 40.8 Å². The second-order valence-electron chi connectivity index (χ2n) is 8.35. The molecule has 0 aliphatic heterocycles. The van der Waals surface area contributed by atoms with Crippen molar-refractivity contribution in [2.75, 3.05) is 5.32 Å². The predicted molar refractivity (Wildman–Crippen MR) is 109 cm³/mol. The van der Waals surface area contributed by atoms with Crippen LogP contribution in [0.3, 0.4) is 0 Å². The number of anilines is 1. The first kappa shape index (κ1) is 18.8. The van der Waals surface area contributed by atoms with Crippen LogP contribution >= 0.6 is 0 Å². The summed E-state index contributed by atoms with van der Waals surface area (Å²) in [7, 11) is 1.62. The first-order valence-electron chi connectivity index (χ1n) is 10.1. The Hall–Kier alpha value is -3.23. The summed E-state index contributed by atoms with van der Waals surface area (Å²) in [6.07, 6.45) is 8.17. The lowest BCUT2D eigenvalue weighted by atomic mass is 9.61. The van der Waals surface area contributed by atoms with E-state index in [9.17, 15) is 19.1 Å². The Bertz CT molecular complexity index is 1200. The van der Waals surface area contributed by atoms with Gasteiger partial charge in [0, 0.05) is 36.4 Å². The molecule has 3 saturated carbocycles. The van der Waals surface area contributed by atoms with Gasteiger partial charge in [-0.2, -0.15) is 0 Å². The average Bonchev–Trinajstić information content (AvgIpc) is 3.14. The molecule has 3 aliphatic rings. The van der Waals surface area contributed by atoms with Crippen molar-refractivity contribution in [3.63, 3.8) is 0 Å². The van der Waals surface area contributed by atoms with E-state index in [1.165, 1.54) is 10.6 Å². The number of aromatic nitrogens is 4. The summed E-state index contributed by atoms with van der Waals surface area (Å²) in [6, 6.07) is 1.09. The molecule has 3 N–H and O–H groups in total. The maximum Gasteiger partial charge on any atom is 0.308 e. The number of carbonyl (C=O) groups is 1. The van der Waals surface area contributed by atoms with Crippen molar-refractivity contribution < 1.29 is 14.3 Å². The van der Waals surface area contributed by atoms with Crippen LogP contribution in [0.15, 0.2) is 29.5 Å². The molecule has 2 bridgehead atoms. The number of fused-ring (bicyclic) bond motifs is 4. The van der Waals surface area contributed by atoms with E-state index < -0.39 is 17.7 Å². The molecule has 8 nitrogen and oxygen atoms in total. The number of aryl methyl sites for hydroxylation is 1. The average molecular weight is 411 g/mol. The first-order valence-corrected chi connectivity index (χ1v) is 10.1. The zero-order valence-corrected chi connectivity index (χ0v) is 16.4. The molecule has 0 spiro atoms. The van der Waals surface area contributed by atoms with E-state index in [4.69, 9.17) is 0 Å². The highest BCUT2D eigenvalue weighted by Crippen LogP contribution is 2.46. The molecule has 9 heteroatoms. The summed E-state index contributed by atoms with van der Waals surface area (Å²) in [5.41, 5.74) is 0.755. The molecule has 3 heterocycles. The van der Waals surface area contributed by atoms with Gasteiger partial charge in [0.05, 0.1) is 12.1 Å². The molecule has 3 fully saturated rings. The van der Waals surface area contributed by atoms with Gasteiger partial charge in [0.1, 0.15) is 23.0 Å². The van der Waals surface area contributed by atoms with Crippen molar-refractivity contribution in [2.45, 2.75) is 31.7 Å². The Morgan fingerprint density at radius 3 is 2.77 bits per heavy atom. The number of hydrogen-bond acceptors (Lipinski definition) is 5. The number of hydrogen-bond donors (Lipinski definition) is 3. The number of pyridine rings is 1. The van der Waals surface area contributed by atoms with E-state index >= 15 is 0 Å². The van der Waals surface area contributed by atoms with Gasteiger partial charge in [-0.15, -0.1) is 0 Å². The van der Waals surface area contributed by atoms with E-state index in [2.05, 4.69) is 20.3 Å². The largest absolute Gasteiger partial charge is 0.481 e. The van der Waals surface area contributed by atoms with Gasteiger partial charge in [-0.25, -0.2) is 14.4 Å². The van der Waals surface area contributed by atoms with Crippen molar-refractivity contribution in [2.24, 2.45) is 24.8 Å². The van der Waals surface area contributed by atoms with Crippen LogP contribution in [0.1, 0.15) is 25.7 Å². The van der Waals surface area contributed by atoms with Crippen LogP contribution < -0.4 is 10.9 Å². The summed E-state index contributed by atoms with van der Waals surface area (Å²) in [5, 5.41) is 13.6. The first-order chi connectivity index (χ1) is 14.4. The Kier molecular flexibility index (Phi) is 4.34. The zero-order valence-electron chi connectivity index (χ0n) is 16.4. The normalized spacial score (nSPS) is 25.5. The summed E-state index contributed by atoms with van der Waals surface area (Å²) < 4.78 is 15.1. The molecule has 3 aromatic heterocycles. The van der Waals surface area contributed by atoms with Crippen molar-refractivity contribution in [1.82, 2.24) is 19.5 Å². The number of nitrogens with one attached hydrogen (secondary N) is 2. The maximum atomic E-state index is 13.7. The third kappa shape index (κ3) is 2.96. The second kappa shape index (κ2) is 6.93. The highest BCUT2D eigenvalue weighted by molar-refractivity contribution is 5.92. The van der Waals surface area contributed by atoms with E-state index in [0.29, 0.717) is 22.4 Å². The summed E-state index contributed by atoms with van der Waals surface area (Å²) in [4.78, 5) is 36.2. The number of H-pyrrole nitrogens is 1. The molecule has 156 valence electrons. The third-order valence-corrected chi connectivity index (χ3v) is 6.64. The van der Waals surface area contributed by atoms with Gasteiger partial charge < -0.3 is 20.0 Å². The molecule has 6 rings (SSSR count). The number of carboxylic acid groups (broad SMARTS) is 1. The third-order valence-electron chi connectivity index (χ3n) is 6.64. The monoisotopic (exact) mass is 411 g/mol. The maximum absolute atomic E-state index is 13.7. The topological polar surface area (TPSA) is 113 Å². The van der Waals surface area contributed by atoms with Crippen molar-refractivity contribution in [1.29, 1.82) is 0 Å². The zero-order chi connectivity index (χ0) is 21.0. The van der Waals surface area contributed by atoms with Gasteiger partial charge in [0.15, 0.2) is 0 Å². The minimum atomic E-state index is -0.787. The number of rotatable bonds is 4. The minimum Gasteiger partial charge on any atom is -0.481 e. The molecule has 0 aromatic carbocycles. The standard InChI is InChI=1S/C21H22FN5O3/c1-27-9-15(25-17-11-4-2-10(3-5-11)16(17)21(29)30)26-18(20(27)28)14-8-24-19-13(14)6-12(22)7-23-19/h6-11,16-17,25H,2-5H2,1H3,(H,23,24)(H,29,30)/t10?,11?,16-,17?/m0/s1. The Morgan fingerprint density at radius 2 is 2.03 bits per heavy atom. The predicted octanol–water partition coefficient (Wildman–Crippen LogP) is 2.76. The number of nitrogens with zero attached hydrogens (tertiary/aromatic N) is 3. The van der Waals surface area contributed by atoms with Gasteiger partial charge in [-0.05, 0) is 43.6 Å². The molecule has 1 unspecified atom stereocenters. The van der Waals surface area contributed by atoms with E-state index in [0.717, 1.165) is 31.9 Å². The minimum absolute atomic E-state index is 0.161. The second-order valence-corrected chi connectivity index (χ2v) is 8.35. The van der Waals surface area contributed by atoms with E-state index in [1.54, 1.807) is 19.4 Å². The fourth-order valence-corrected chi connectivity index (χ4v) is 5.21. The van der Waals surface area contributed by atoms with Crippen LogP contribution in [0.5, 0.6) is 0 Å². The molecular formula is C21H22FN5O3. The van der Waals surface area contributed by atoms with Gasteiger partial charge >= 0.3 is 5.97 Å². The highest BCUT2D eigenvalue weighted by atomic mass is 19.1. The number of aliphatic carboxylic acids is 1. The van der Waals surface area contributed by atoms with Crippen LogP contribution in [0.4, 0.5) is 10.2 Å².